The fourth-order valence-electron chi connectivity index (χ4n) is 2.01. The minimum atomic E-state index is 0.0306. The molecule has 1 aromatic heterocycles. The molecule has 2 unspecified atom stereocenters. The minimum absolute atomic E-state index is 0.0306. The van der Waals surface area contributed by atoms with Gasteiger partial charge in [-0.3, -0.25) is 0 Å². The van der Waals surface area contributed by atoms with Gasteiger partial charge in [0, 0.05) is 5.56 Å². The third kappa shape index (κ3) is 2.29. The Labute approximate surface area is 110 Å². The molecular formula is C14H13N3O2. The fraction of sp³-hybridized carbons (Fsp3) is 0.357. The van der Waals surface area contributed by atoms with E-state index < -0.39 is 0 Å². The molecule has 1 aliphatic carbocycles. The highest BCUT2D eigenvalue weighted by atomic mass is 16.5. The first-order chi connectivity index (χ1) is 9.31. The van der Waals surface area contributed by atoms with E-state index in [2.05, 4.69) is 16.2 Å². The van der Waals surface area contributed by atoms with Gasteiger partial charge in [0.05, 0.1) is 24.5 Å². The van der Waals surface area contributed by atoms with Crippen LogP contribution in [0.25, 0.3) is 11.4 Å². The Morgan fingerprint density at radius 1 is 1.53 bits per heavy atom. The summed E-state index contributed by atoms with van der Waals surface area (Å²) in [6.45, 7) is 2.56. The molecule has 19 heavy (non-hydrogen) atoms. The smallest absolute Gasteiger partial charge is 0.231 e. The standard InChI is InChI=1S/C14H13N3O2/c1-2-18-11-5-3-4-9(6-11)13-16-14(19-17-13)12-7-10(12)8-15/h3-6,10,12H,2,7H2,1H3. The van der Waals surface area contributed by atoms with E-state index in [9.17, 15) is 0 Å². The summed E-state index contributed by atoms with van der Waals surface area (Å²) < 4.78 is 10.7. The van der Waals surface area contributed by atoms with Crippen LogP contribution in [0.4, 0.5) is 0 Å². The fourth-order valence-corrected chi connectivity index (χ4v) is 2.01. The predicted octanol–water partition coefficient (Wildman–Crippen LogP) is 2.76. The quantitative estimate of drug-likeness (QED) is 0.839. The van der Waals surface area contributed by atoms with Gasteiger partial charge in [-0.15, -0.1) is 0 Å². The zero-order chi connectivity index (χ0) is 13.2. The average molecular weight is 255 g/mol. The molecule has 1 aliphatic rings. The number of hydrogen-bond acceptors (Lipinski definition) is 5. The Morgan fingerprint density at radius 3 is 3.16 bits per heavy atom. The van der Waals surface area contributed by atoms with E-state index in [1.807, 2.05) is 31.2 Å². The molecule has 0 spiro atoms. The normalized spacial score (nSPS) is 20.8. The Morgan fingerprint density at radius 2 is 2.42 bits per heavy atom. The lowest BCUT2D eigenvalue weighted by atomic mass is 10.2. The maximum atomic E-state index is 8.80. The Hall–Kier alpha value is -2.35. The summed E-state index contributed by atoms with van der Waals surface area (Å²) in [7, 11) is 0. The van der Waals surface area contributed by atoms with Gasteiger partial charge in [0.2, 0.25) is 11.7 Å². The van der Waals surface area contributed by atoms with Crippen LogP contribution in [0, 0.1) is 17.2 Å². The predicted molar refractivity (Wildman–Crippen MR) is 67.4 cm³/mol. The van der Waals surface area contributed by atoms with E-state index >= 15 is 0 Å². The van der Waals surface area contributed by atoms with Gasteiger partial charge in [0.15, 0.2) is 0 Å². The van der Waals surface area contributed by atoms with Crippen LogP contribution in [0.3, 0.4) is 0 Å². The van der Waals surface area contributed by atoms with Gasteiger partial charge in [0.1, 0.15) is 5.75 Å². The summed E-state index contributed by atoms with van der Waals surface area (Å²) in [5.41, 5.74) is 0.857. The van der Waals surface area contributed by atoms with E-state index in [1.54, 1.807) is 0 Å². The van der Waals surface area contributed by atoms with Crippen LogP contribution >= 0.6 is 0 Å². The molecule has 2 aromatic rings. The van der Waals surface area contributed by atoms with Gasteiger partial charge < -0.3 is 9.26 Å². The zero-order valence-electron chi connectivity index (χ0n) is 10.5. The molecule has 0 aliphatic heterocycles. The maximum Gasteiger partial charge on any atom is 0.231 e. The Kier molecular flexibility index (Phi) is 2.92. The van der Waals surface area contributed by atoms with Crippen LogP contribution in [-0.2, 0) is 0 Å². The molecule has 3 rings (SSSR count). The third-order valence-corrected chi connectivity index (χ3v) is 3.12. The third-order valence-electron chi connectivity index (χ3n) is 3.12. The summed E-state index contributed by atoms with van der Waals surface area (Å²) >= 11 is 0. The van der Waals surface area contributed by atoms with Crippen molar-refractivity contribution >= 4 is 0 Å². The lowest BCUT2D eigenvalue weighted by Crippen LogP contribution is -1.91. The van der Waals surface area contributed by atoms with Crippen molar-refractivity contribution in [3.63, 3.8) is 0 Å². The largest absolute Gasteiger partial charge is 0.494 e. The lowest BCUT2D eigenvalue weighted by molar-refractivity contribution is 0.340. The monoisotopic (exact) mass is 255 g/mol. The molecule has 2 atom stereocenters. The van der Waals surface area contributed by atoms with Crippen molar-refractivity contribution in [2.45, 2.75) is 19.3 Å². The van der Waals surface area contributed by atoms with Gasteiger partial charge in [-0.1, -0.05) is 17.3 Å². The van der Waals surface area contributed by atoms with Crippen LogP contribution in [0.2, 0.25) is 0 Å². The molecule has 0 saturated heterocycles. The van der Waals surface area contributed by atoms with Crippen LogP contribution in [-0.4, -0.2) is 16.7 Å². The average Bonchev–Trinajstić information content (AvgIpc) is 3.07. The topological polar surface area (TPSA) is 71.9 Å². The first-order valence-corrected chi connectivity index (χ1v) is 6.28. The van der Waals surface area contributed by atoms with E-state index in [-0.39, 0.29) is 11.8 Å². The van der Waals surface area contributed by atoms with Gasteiger partial charge in [-0.2, -0.15) is 10.2 Å². The second kappa shape index (κ2) is 4.73. The first-order valence-electron chi connectivity index (χ1n) is 6.28. The number of benzene rings is 1. The molecule has 96 valence electrons. The van der Waals surface area contributed by atoms with Crippen molar-refractivity contribution in [2.24, 2.45) is 5.92 Å². The number of nitriles is 1. The second-order valence-corrected chi connectivity index (χ2v) is 4.49. The van der Waals surface area contributed by atoms with E-state index in [0.29, 0.717) is 18.3 Å². The number of hydrogen-bond donors (Lipinski definition) is 0. The number of aromatic nitrogens is 2. The van der Waals surface area contributed by atoms with Crippen molar-refractivity contribution in [3.8, 4) is 23.2 Å². The highest BCUT2D eigenvalue weighted by molar-refractivity contribution is 5.57. The molecule has 0 bridgehead atoms. The molecule has 5 heteroatoms. The van der Waals surface area contributed by atoms with Crippen LogP contribution in [0.5, 0.6) is 5.75 Å². The molecule has 1 saturated carbocycles. The molecule has 1 aromatic carbocycles. The number of rotatable bonds is 4. The Bertz CT molecular complexity index is 630. The molecule has 0 amide bonds. The highest BCUT2D eigenvalue weighted by Gasteiger charge is 2.43. The zero-order valence-corrected chi connectivity index (χ0v) is 10.5. The Balaban J connectivity index is 1.83. The van der Waals surface area contributed by atoms with Gasteiger partial charge in [-0.25, -0.2) is 0 Å². The maximum absolute atomic E-state index is 8.80. The lowest BCUT2D eigenvalue weighted by Gasteiger charge is -2.02. The molecule has 1 heterocycles. The van der Waals surface area contributed by atoms with Crippen molar-refractivity contribution in [1.29, 1.82) is 5.26 Å². The summed E-state index contributed by atoms with van der Waals surface area (Å²) in [5, 5.41) is 12.8. The summed E-state index contributed by atoms with van der Waals surface area (Å²) in [6, 6.07) is 9.79. The van der Waals surface area contributed by atoms with Crippen molar-refractivity contribution in [3.05, 3.63) is 30.2 Å². The van der Waals surface area contributed by atoms with Crippen LogP contribution in [0.1, 0.15) is 25.2 Å². The first kappa shape index (κ1) is 11.7. The summed E-state index contributed by atoms with van der Waals surface area (Å²) in [5.74, 6) is 2.03. The molecule has 5 nitrogen and oxygen atoms in total. The molecular weight excluding hydrogens is 242 g/mol. The van der Waals surface area contributed by atoms with Crippen molar-refractivity contribution in [2.75, 3.05) is 6.61 Å². The van der Waals surface area contributed by atoms with E-state index in [0.717, 1.165) is 17.7 Å². The van der Waals surface area contributed by atoms with Crippen LogP contribution in [0.15, 0.2) is 28.8 Å². The SMILES string of the molecule is CCOc1cccc(-c2noc(C3CC3C#N)n2)c1. The molecule has 0 N–H and O–H groups in total. The van der Waals surface area contributed by atoms with Crippen molar-refractivity contribution < 1.29 is 9.26 Å². The summed E-state index contributed by atoms with van der Waals surface area (Å²) in [4.78, 5) is 4.36. The highest BCUT2D eigenvalue weighted by Crippen LogP contribution is 2.46. The van der Waals surface area contributed by atoms with Gasteiger partial charge in [0.25, 0.3) is 0 Å². The second-order valence-electron chi connectivity index (χ2n) is 4.49. The summed E-state index contributed by atoms with van der Waals surface area (Å²) in [6.07, 6.45) is 0.817. The molecule has 1 fully saturated rings. The number of nitrogens with zero attached hydrogens (tertiary/aromatic N) is 3. The van der Waals surface area contributed by atoms with Crippen molar-refractivity contribution in [1.82, 2.24) is 10.1 Å². The van der Waals surface area contributed by atoms with Crippen LogP contribution < -0.4 is 4.74 Å². The minimum Gasteiger partial charge on any atom is -0.494 e. The van der Waals surface area contributed by atoms with Gasteiger partial charge >= 0.3 is 0 Å². The van der Waals surface area contributed by atoms with E-state index in [1.165, 1.54) is 0 Å². The van der Waals surface area contributed by atoms with E-state index in [4.69, 9.17) is 14.5 Å². The molecule has 0 radical (unpaired) electrons. The van der Waals surface area contributed by atoms with Gasteiger partial charge in [-0.05, 0) is 25.5 Å². The number of ether oxygens (including phenoxy) is 1.